The fourth-order valence-corrected chi connectivity index (χ4v) is 3.63. The standard InChI is InChI=1S/C16H19N5OS/c1-11(2)10-16(8-9-17,14(18)22)23-15-19-13(20-21-15)12-6-4-3-5-7-12/h3-7,11H,8,10H2,1-2H3,(H2,18,22)(H,19,20,21). The number of hydrogen-bond acceptors (Lipinski definition) is 5. The highest BCUT2D eigenvalue weighted by molar-refractivity contribution is 8.01. The molecule has 0 aliphatic rings. The summed E-state index contributed by atoms with van der Waals surface area (Å²) in [6.07, 6.45) is 0.536. The zero-order chi connectivity index (χ0) is 16.9. The van der Waals surface area contributed by atoms with Gasteiger partial charge in [-0.25, -0.2) is 0 Å². The number of amides is 1. The van der Waals surface area contributed by atoms with E-state index in [4.69, 9.17) is 11.0 Å². The van der Waals surface area contributed by atoms with Crippen LogP contribution in [0.1, 0.15) is 26.7 Å². The molecule has 0 aliphatic carbocycles. The van der Waals surface area contributed by atoms with E-state index in [1.54, 1.807) is 0 Å². The molecule has 120 valence electrons. The van der Waals surface area contributed by atoms with Crippen LogP contribution in [0.4, 0.5) is 0 Å². The van der Waals surface area contributed by atoms with Crippen LogP contribution >= 0.6 is 11.8 Å². The second-order valence-corrected chi connectivity index (χ2v) is 7.11. The van der Waals surface area contributed by atoms with Crippen LogP contribution in [0.3, 0.4) is 0 Å². The van der Waals surface area contributed by atoms with E-state index in [0.717, 1.165) is 5.56 Å². The average Bonchev–Trinajstić information content (AvgIpc) is 2.96. The van der Waals surface area contributed by atoms with Crippen molar-refractivity contribution >= 4 is 17.7 Å². The summed E-state index contributed by atoms with van der Waals surface area (Å²) in [5.41, 5.74) is 6.50. The molecular weight excluding hydrogens is 310 g/mol. The minimum absolute atomic E-state index is 0.0343. The molecule has 2 rings (SSSR count). The summed E-state index contributed by atoms with van der Waals surface area (Å²) >= 11 is 1.19. The van der Waals surface area contributed by atoms with Gasteiger partial charge >= 0.3 is 0 Å². The Balaban J connectivity index is 2.28. The molecule has 0 radical (unpaired) electrons. The smallest absolute Gasteiger partial charge is 0.235 e. The number of nitriles is 1. The number of nitrogens with zero attached hydrogens (tertiary/aromatic N) is 3. The van der Waals surface area contributed by atoms with Crippen molar-refractivity contribution < 1.29 is 4.79 Å². The van der Waals surface area contributed by atoms with E-state index in [1.165, 1.54) is 11.8 Å². The number of aromatic nitrogens is 3. The number of thioether (sulfide) groups is 1. The molecule has 7 heteroatoms. The molecule has 3 N–H and O–H groups in total. The van der Waals surface area contributed by atoms with Gasteiger partial charge in [0, 0.05) is 5.56 Å². The Morgan fingerprint density at radius 3 is 2.65 bits per heavy atom. The van der Waals surface area contributed by atoms with Crippen molar-refractivity contribution in [1.29, 1.82) is 5.26 Å². The fourth-order valence-electron chi connectivity index (χ4n) is 2.38. The van der Waals surface area contributed by atoms with Crippen LogP contribution in [0.2, 0.25) is 0 Å². The summed E-state index contributed by atoms with van der Waals surface area (Å²) in [7, 11) is 0. The summed E-state index contributed by atoms with van der Waals surface area (Å²) in [5.74, 6) is 0.336. The van der Waals surface area contributed by atoms with Gasteiger partial charge in [0.05, 0.1) is 12.5 Å². The summed E-state index contributed by atoms with van der Waals surface area (Å²) < 4.78 is -1.00. The Labute approximate surface area is 139 Å². The second kappa shape index (κ2) is 7.29. The highest BCUT2D eigenvalue weighted by Crippen LogP contribution is 2.39. The summed E-state index contributed by atoms with van der Waals surface area (Å²) in [6, 6.07) is 11.6. The van der Waals surface area contributed by atoms with Gasteiger partial charge in [0.1, 0.15) is 4.75 Å². The predicted octanol–water partition coefficient (Wildman–Crippen LogP) is 2.75. The first-order valence-electron chi connectivity index (χ1n) is 7.31. The van der Waals surface area contributed by atoms with Crippen molar-refractivity contribution in [3.8, 4) is 17.5 Å². The fraction of sp³-hybridized carbons (Fsp3) is 0.375. The lowest BCUT2D eigenvalue weighted by Crippen LogP contribution is -2.41. The maximum atomic E-state index is 12.0. The minimum atomic E-state index is -1.00. The molecule has 1 amide bonds. The maximum absolute atomic E-state index is 12.0. The zero-order valence-corrected chi connectivity index (χ0v) is 13.9. The zero-order valence-electron chi connectivity index (χ0n) is 13.1. The molecular formula is C16H19N5OS. The van der Waals surface area contributed by atoms with Crippen LogP contribution in [-0.2, 0) is 4.79 Å². The molecule has 1 heterocycles. The second-order valence-electron chi connectivity index (χ2n) is 5.74. The lowest BCUT2D eigenvalue weighted by Gasteiger charge is -2.27. The third kappa shape index (κ3) is 4.11. The van der Waals surface area contributed by atoms with Crippen LogP contribution in [0.25, 0.3) is 11.4 Å². The first-order chi connectivity index (χ1) is 11.0. The van der Waals surface area contributed by atoms with Crippen molar-refractivity contribution in [2.45, 2.75) is 36.6 Å². The van der Waals surface area contributed by atoms with E-state index in [9.17, 15) is 4.79 Å². The van der Waals surface area contributed by atoms with Gasteiger partial charge < -0.3 is 10.7 Å². The number of carbonyl (C=O) groups excluding carboxylic acids is 1. The van der Waals surface area contributed by atoms with Gasteiger partial charge in [-0.1, -0.05) is 55.9 Å². The number of aromatic amines is 1. The number of rotatable bonds is 7. The number of benzene rings is 1. The van der Waals surface area contributed by atoms with Crippen molar-refractivity contribution in [3.05, 3.63) is 30.3 Å². The van der Waals surface area contributed by atoms with Crippen LogP contribution in [0.15, 0.2) is 35.5 Å². The summed E-state index contributed by atoms with van der Waals surface area (Å²) in [6.45, 7) is 3.98. The highest BCUT2D eigenvalue weighted by Gasteiger charge is 2.39. The molecule has 0 spiro atoms. The van der Waals surface area contributed by atoms with Gasteiger partial charge in [-0.05, 0) is 12.3 Å². The Bertz CT molecular complexity index is 707. The Hall–Kier alpha value is -2.33. The monoisotopic (exact) mass is 329 g/mol. The summed E-state index contributed by atoms with van der Waals surface area (Å²) in [5, 5.41) is 17.8. The molecule has 6 nitrogen and oxygen atoms in total. The lowest BCUT2D eigenvalue weighted by molar-refractivity contribution is -0.120. The van der Waals surface area contributed by atoms with Gasteiger partial charge in [-0.3, -0.25) is 4.79 Å². The third-order valence-electron chi connectivity index (χ3n) is 3.36. The molecule has 0 saturated carbocycles. The van der Waals surface area contributed by atoms with Crippen molar-refractivity contribution in [2.75, 3.05) is 0 Å². The number of carbonyl (C=O) groups is 1. The van der Waals surface area contributed by atoms with Crippen LogP contribution < -0.4 is 5.73 Å². The molecule has 1 unspecified atom stereocenters. The van der Waals surface area contributed by atoms with E-state index in [0.29, 0.717) is 17.4 Å². The Morgan fingerprint density at radius 1 is 1.39 bits per heavy atom. The van der Waals surface area contributed by atoms with Gasteiger partial charge in [0.2, 0.25) is 5.91 Å². The largest absolute Gasteiger partial charge is 0.368 e. The molecule has 0 bridgehead atoms. The number of primary amides is 1. The predicted molar refractivity (Wildman–Crippen MR) is 89.3 cm³/mol. The first kappa shape index (κ1) is 17.0. The summed E-state index contributed by atoms with van der Waals surface area (Å²) in [4.78, 5) is 15.1. The van der Waals surface area contributed by atoms with E-state index < -0.39 is 10.7 Å². The third-order valence-corrected chi connectivity index (χ3v) is 4.64. The SMILES string of the molecule is CC(C)CC(CC#N)(Sc1nnc(-c2ccccc2)[nH]1)C(N)=O. The highest BCUT2D eigenvalue weighted by atomic mass is 32.2. The molecule has 23 heavy (non-hydrogen) atoms. The molecule has 2 aromatic rings. The molecule has 1 aromatic carbocycles. The quantitative estimate of drug-likeness (QED) is 0.759. The number of nitrogens with one attached hydrogen (secondary N) is 1. The number of hydrogen-bond donors (Lipinski definition) is 2. The van der Waals surface area contributed by atoms with E-state index in [-0.39, 0.29) is 12.3 Å². The molecule has 1 atom stereocenters. The van der Waals surface area contributed by atoms with Crippen LogP contribution in [0, 0.1) is 17.2 Å². The minimum Gasteiger partial charge on any atom is -0.368 e. The van der Waals surface area contributed by atoms with E-state index >= 15 is 0 Å². The average molecular weight is 329 g/mol. The molecule has 0 saturated heterocycles. The van der Waals surface area contributed by atoms with E-state index in [2.05, 4.69) is 21.3 Å². The molecule has 0 fully saturated rings. The van der Waals surface area contributed by atoms with Gasteiger partial charge in [0.15, 0.2) is 11.0 Å². The number of H-pyrrole nitrogens is 1. The lowest BCUT2D eigenvalue weighted by atomic mass is 9.93. The van der Waals surface area contributed by atoms with Crippen molar-refractivity contribution in [3.63, 3.8) is 0 Å². The van der Waals surface area contributed by atoms with Crippen LogP contribution in [0.5, 0.6) is 0 Å². The molecule has 0 aliphatic heterocycles. The first-order valence-corrected chi connectivity index (χ1v) is 8.12. The Morgan fingerprint density at radius 2 is 2.09 bits per heavy atom. The van der Waals surface area contributed by atoms with Gasteiger partial charge in [-0.15, -0.1) is 10.2 Å². The number of nitrogens with two attached hydrogens (primary N) is 1. The van der Waals surface area contributed by atoms with Gasteiger partial charge in [-0.2, -0.15) is 5.26 Å². The Kier molecular flexibility index (Phi) is 5.40. The van der Waals surface area contributed by atoms with E-state index in [1.807, 2.05) is 44.2 Å². The van der Waals surface area contributed by atoms with Crippen molar-refractivity contribution in [2.24, 2.45) is 11.7 Å². The topological polar surface area (TPSA) is 108 Å². The van der Waals surface area contributed by atoms with Crippen molar-refractivity contribution in [1.82, 2.24) is 15.2 Å². The maximum Gasteiger partial charge on any atom is 0.235 e. The molecule has 1 aromatic heterocycles. The normalized spacial score (nSPS) is 13.5. The van der Waals surface area contributed by atoms with Crippen LogP contribution in [-0.4, -0.2) is 25.8 Å². The van der Waals surface area contributed by atoms with Gasteiger partial charge in [0.25, 0.3) is 0 Å².